The van der Waals surface area contributed by atoms with E-state index in [1.54, 1.807) is 0 Å². The van der Waals surface area contributed by atoms with E-state index in [0.29, 0.717) is 12.8 Å². The van der Waals surface area contributed by atoms with Crippen LogP contribution < -0.4 is 11.1 Å². The minimum absolute atomic E-state index is 0.0926. The summed E-state index contributed by atoms with van der Waals surface area (Å²) in [6.45, 7) is 4.24. The number of hydrogen-bond acceptors (Lipinski definition) is 6. The van der Waals surface area contributed by atoms with Crippen LogP contribution in [-0.4, -0.2) is 47.8 Å². The number of nitrogens with one attached hydrogen (secondary N) is 1. The van der Waals surface area contributed by atoms with Crippen LogP contribution in [0, 0.1) is 0 Å². The fourth-order valence-electron chi connectivity index (χ4n) is 7.20. The Kier molecular flexibility index (Phi) is 40.8. The maximum atomic E-state index is 12.8. The van der Waals surface area contributed by atoms with Crippen molar-refractivity contribution in [3.63, 3.8) is 0 Å². The largest absolute Gasteiger partial charge is 0.472 e. The van der Waals surface area contributed by atoms with E-state index in [2.05, 4.69) is 19.2 Å². The first-order chi connectivity index (χ1) is 25.9. The van der Waals surface area contributed by atoms with Crippen LogP contribution in [-0.2, 0) is 18.4 Å². The van der Waals surface area contributed by atoms with Gasteiger partial charge in [-0.25, -0.2) is 4.57 Å². The molecule has 0 rings (SSSR count). The highest BCUT2D eigenvalue weighted by Gasteiger charge is 2.27. The first kappa shape index (κ1) is 52.5. The third-order valence-corrected chi connectivity index (χ3v) is 11.7. The van der Waals surface area contributed by atoms with Gasteiger partial charge in [0.15, 0.2) is 0 Å². The molecular weight excluding hydrogens is 683 g/mol. The Balaban J connectivity index is 4.06. The molecule has 0 saturated heterocycles. The Labute approximate surface area is 329 Å². The SMILES string of the molecule is CCCCCCCCCCCCCCCCCCCCCC(=O)N[C@@H](COP(=O)(O)OCCN)[C@H](O)CCCCCCCCCCCCCCCCC. The van der Waals surface area contributed by atoms with Crippen LogP contribution in [0.15, 0.2) is 0 Å². The molecule has 53 heavy (non-hydrogen) atoms. The number of aliphatic hydroxyl groups is 1. The third kappa shape index (κ3) is 39.5. The van der Waals surface area contributed by atoms with E-state index in [-0.39, 0.29) is 25.7 Å². The van der Waals surface area contributed by atoms with Gasteiger partial charge >= 0.3 is 7.82 Å². The van der Waals surface area contributed by atoms with Crippen molar-refractivity contribution in [1.82, 2.24) is 5.32 Å². The summed E-state index contributed by atoms with van der Waals surface area (Å²) in [7, 11) is -4.31. The van der Waals surface area contributed by atoms with E-state index in [0.717, 1.165) is 38.5 Å². The standard InChI is InChI=1S/C44H91N2O6P/c1-3-5-7-9-11-13-15-17-19-20-21-22-24-26-28-30-32-34-36-38-44(48)46-42(41-52-53(49,50)51-40-39-45)43(47)37-35-33-31-29-27-25-23-18-16-14-12-10-8-6-4-2/h42-43,47H,3-41,45H2,1-2H3,(H,46,48)(H,49,50)/t42-,43+/m0/s1. The second-order valence-corrected chi connectivity index (χ2v) is 17.4. The van der Waals surface area contributed by atoms with Crippen molar-refractivity contribution < 1.29 is 28.4 Å². The quantitative estimate of drug-likeness (QED) is 0.0358. The average molecular weight is 775 g/mol. The van der Waals surface area contributed by atoms with Gasteiger partial charge in [-0.1, -0.05) is 226 Å². The molecule has 0 aromatic carbocycles. The Bertz CT molecular complexity index is 804. The number of phosphoric ester groups is 1. The van der Waals surface area contributed by atoms with Crippen molar-refractivity contribution in [1.29, 1.82) is 0 Å². The number of carbonyl (C=O) groups is 1. The summed E-state index contributed by atoms with van der Waals surface area (Å²) in [4.78, 5) is 22.8. The molecule has 0 saturated carbocycles. The lowest BCUT2D eigenvalue weighted by Crippen LogP contribution is -2.46. The molecule has 3 atom stereocenters. The monoisotopic (exact) mass is 775 g/mol. The molecule has 0 aromatic rings. The summed E-state index contributed by atoms with van der Waals surface area (Å²) < 4.78 is 22.2. The molecule has 0 aliphatic rings. The average Bonchev–Trinajstić information content (AvgIpc) is 3.14. The number of unbranched alkanes of at least 4 members (excludes halogenated alkanes) is 32. The highest BCUT2D eigenvalue weighted by molar-refractivity contribution is 7.47. The maximum Gasteiger partial charge on any atom is 0.472 e. The van der Waals surface area contributed by atoms with Crippen molar-refractivity contribution in [3.8, 4) is 0 Å². The Hall–Kier alpha value is -0.500. The number of hydrogen-bond donors (Lipinski definition) is 4. The number of rotatable bonds is 44. The zero-order valence-electron chi connectivity index (χ0n) is 35.3. The molecule has 1 amide bonds. The Morgan fingerprint density at radius 3 is 1.21 bits per heavy atom. The predicted octanol–water partition coefficient (Wildman–Crippen LogP) is 13.0. The minimum Gasteiger partial charge on any atom is -0.391 e. The summed E-state index contributed by atoms with van der Waals surface area (Å²) in [5, 5.41) is 13.8. The molecule has 318 valence electrons. The smallest absolute Gasteiger partial charge is 0.391 e. The Morgan fingerprint density at radius 1 is 0.547 bits per heavy atom. The van der Waals surface area contributed by atoms with E-state index >= 15 is 0 Å². The zero-order chi connectivity index (χ0) is 38.9. The van der Waals surface area contributed by atoms with Crippen molar-refractivity contribution in [3.05, 3.63) is 0 Å². The van der Waals surface area contributed by atoms with Gasteiger partial charge in [0.05, 0.1) is 25.4 Å². The summed E-state index contributed by atoms with van der Waals surface area (Å²) in [5.41, 5.74) is 5.39. The molecule has 0 bridgehead atoms. The van der Waals surface area contributed by atoms with Gasteiger partial charge in [-0.3, -0.25) is 13.8 Å². The van der Waals surface area contributed by atoms with Crippen LogP contribution in [0.2, 0.25) is 0 Å². The van der Waals surface area contributed by atoms with Crippen LogP contribution >= 0.6 is 7.82 Å². The van der Waals surface area contributed by atoms with Gasteiger partial charge in [0.2, 0.25) is 5.91 Å². The van der Waals surface area contributed by atoms with Crippen LogP contribution in [0.5, 0.6) is 0 Å². The van der Waals surface area contributed by atoms with Gasteiger partial charge in [-0.15, -0.1) is 0 Å². The third-order valence-electron chi connectivity index (χ3n) is 10.7. The van der Waals surface area contributed by atoms with Crippen molar-refractivity contribution in [2.24, 2.45) is 5.73 Å². The van der Waals surface area contributed by atoms with E-state index in [1.165, 1.54) is 180 Å². The summed E-state index contributed by atoms with van der Waals surface area (Å²) in [6, 6.07) is -0.767. The molecule has 0 aliphatic heterocycles. The van der Waals surface area contributed by atoms with Gasteiger partial charge in [-0.05, 0) is 12.8 Å². The number of carbonyl (C=O) groups excluding carboxylic acids is 1. The summed E-state index contributed by atoms with van der Waals surface area (Å²) in [5.74, 6) is -0.156. The molecular formula is C44H91N2O6P. The van der Waals surface area contributed by atoms with Gasteiger partial charge in [0.1, 0.15) is 0 Å². The minimum atomic E-state index is -4.31. The lowest BCUT2D eigenvalue weighted by Gasteiger charge is -2.25. The molecule has 0 aliphatic carbocycles. The van der Waals surface area contributed by atoms with Crippen molar-refractivity contribution in [2.45, 2.75) is 257 Å². The fraction of sp³-hybridized carbons (Fsp3) is 0.977. The molecule has 0 heterocycles. The molecule has 1 unspecified atom stereocenters. The van der Waals surface area contributed by atoms with Crippen molar-refractivity contribution in [2.75, 3.05) is 19.8 Å². The van der Waals surface area contributed by atoms with Crippen LogP contribution in [0.3, 0.4) is 0 Å². The fourth-order valence-corrected chi connectivity index (χ4v) is 7.96. The first-order valence-corrected chi connectivity index (χ1v) is 24.6. The van der Waals surface area contributed by atoms with Gasteiger partial charge in [-0.2, -0.15) is 0 Å². The van der Waals surface area contributed by atoms with E-state index < -0.39 is 20.0 Å². The molecule has 0 aromatic heterocycles. The van der Waals surface area contributed by atoms with Gasteiger partial charge < -0.3 is 21.1 Å². The number of nitrogens with two attached hydrogens (primary N) is 1. The number of aliphatic hydroxyl groups excluding tert-OH is 1. The van der Waals surface area contributed by atoms with E-state index in [4.69, 9.17) is 14.8 Å². The second-order valence-electron chi connectivity index (χ2n) is 16.0. The Morgan fingerprint density at radius 2 is 0.868 bits per heavy atom. The highest BCUT2D eigenvalue weighted by atomic mass is 31.2. The van der Waals surface area contributed by atoms with Crippen LogP contribution in [0.4, 0.5) is 0 Å². The first-order valence-electron chi connectivity index (χ1n) is 23.2. The summed E-state index contributed by atoms with van der Waals surface area (Å²) >= 11 is 0. The number of amides is 1. The normalized spacial score (nSPS) is 14.0. The van der Waals surface area contributed by atoms with Crippen LogP contribution in [0.25, 0.3) is 0 Å². The topological polar surface area (TPSA) is 131 Å². The maximum absolute atomic E-state index is 12.8. The second kappa shape index (κ2) is 41.1. The van der Waals surface area contributed by atoms with Gasteiger partial charge in [0.25, 0.3) is 0 Å². The number of phosphoric acid groups is 1. The predicted molar refractivity (Wildman–Crippen MR) is 226 cm³/mol. The lowest BCUT2D eigenvalue weighted by molar-refractivity contribution is -0.123. The summed E-state index contributed by atoms with van der Waals surface area (Å²) in [6.07, 6.45) is 44.0. The molecule has 8 nitrogen and oxygen atoms in total. The lowest BCUT2D eigenvalue weighted by atomic mass is 10.0. The molecule has 9 heteroatoms. The van der Waals surface area contributed by atoms with E-state index in [9.17, 15) is 19.4 Å². The molecule has 0 spiro atoms. The van der Waals surface area contributed by atoms with Crippen LogP contribution in [0.1, 0.15) is 245 Å². The zero-order valence-corrected chi connectivity index (χ0v) is 36.2. The molecule has 0 radical (unpaired) electrons. The highest BCUT2D eigenvalue weighted by Crippen LogP contribution is 2.43. The van der Waals surface area contributed by atoms with E-state index in [1.807, 2.05) is 0 Å². The van der Waals surface area contributed by atoms with Crippen molar-refractivity contribution >= 4 is 13.7 Å². The van der Waals surface area contributed by atoms with Gasteiger partial charge in [0, 0.05) is 13.0 Å². The molecule has 0 fully saturated rings. The molecule has 5 N–H and O–H groups in total.